The number of benzene rings is 1. The van der Waals surface area contributed by atoms with Gasteiger partial charge in [-0.1, -0.05) is 0 Å². The minimum Gasteiger partial charge on any atom is -0.493 e. The molecular weight excluding hydrogens is 409 g/mol. The van der Waals surface area contributed by atoms with Crippen molar-refractivity contribution in [3.63, 3.8) is 0 Å². The van der Waals surface area contributed by atoms with Crippen LogP contribution in [0, 0.1) is 6.92 Å². The van der Waals surface area contributed by atoms with E-state index in [-0.39, 0.29) is 17.0 Å². The second-order valence-corrected chi connectivity index (χ2v) is 6.27. The number of alkyl halides is 1. The Kier molecular flexibility index (Phi) is 6.66. The van der Waals surface area contributed by atoms with E-state index < -0.39 is 12.8 Å². The molecule has 0 aliphatic carbocycles. The minimum absolute atomic E-state index is 0.129. The SMILES string of the molecule is COc1cc(C)c(C(O)c2c(OC)ncc(Br)c2CF)c(OC)c1OC. The Hall–Kier alpha value is -2.06. The summed E-state index contributed by atoms with van der Waals surface area (Å²) in [5, 5.41) is 11.1. The number of ether oxygens (including phenoxy) is 4. The summed E-state index contributed by atoms with van der Waals surface area (Å²) in [5.41, 5.74) is 1.57. The van der Waals surface area contributed by atoms with E-state index in [0.29, 0.717) is 32.8 Å². The molecule has 0 radical (unpaired) electrons. The topological polar surface area (TPSA) is 70.0 Å². The number of aliphatic hydroxyl groups excluding tert-OH is 1. The fourth-order valence-corrected chi connectivity index (χ4v) is 3.31. The van der Waals surface area contributed by atoms with Crippen molar-refractivity contribution in [2.24, 2.45) is 0 Å². The van der Waals surface area contributed by atoms with Crippen LogP contribution >= 0.6 is 15.9 Å². The molecule has 6 nitrogen and oxygen atoms in total. The van der Waals surface area contributed by atoms with Crippen molar-refractivity contribution in [2.45, 2.75) is 19.7 Å². The average Bonchev–Trinajstić information content (AvgIpc) is 2.65. The van der Waals surface area contributed by atoms with Crippen LogP contribution in [-0.2, 0) is 6.67 Å². The Morgan fingerprint density at radius 1 is 1.08 bits per heavy atom. The van der Waals surface area contributed by atoms with E-state index in [1.54, 1.807) is 13.0 Å². The van der Waals surface area contributed by atoms with Crippen LogP contribution < -0.4 is 18.9 Å². The van der Waals surface area contributed by atoms with E-state index in [4.69, 9.17) is 18.9 Å². The van der Waals surface area contributed by atoms with Gasteiger partial charge in [0, 0.05) is 21.8 Å². The van der Waals surface area contributed by atoms with Gasteiger partial charge >= 0.3 is 0 Å². The molecule has 0 bridgehead atoms. The molecule has 26 heavy (non-hydrogen) atoms. The van der Waals surface area contributed by atoms with Crippen LogP contribution in [0.3, 0.4) is 0 Å². The predicted octanol–water partition coefficient (Wildman–Crippen LogP) is 3.74. The molecule has 0 fully saturated rings. The van der Waals surface area contributed by atoms with Crippen molar-refractivity contribution in [3.05, 3.63) is 39.0 Å². The second kappa shape index (κ2) is 8.55. The molecule has 2 rings (SSSR count). The van der Waals surface area contributed by atoms with Crippen molar-refractivity contribution >= 4 is 15.9 Å². The number of aromatic nitrogens is 1. The third kappa shape index (κ3) is 3.43. The lowest BCUT2D eigenvalue weighted by Crippen LogP contribution is -2.12. The molecule has 2 aromatic rings. The number of pyridine rings is 1. The average molecular weight is 430 g/mol. The molecule has 0 saturated heterocycles. The first-order valence-electron chi connectivity index (χ1n) is 7.69. The van der Waals surface area contributed by atoms with Crippen LogP contribution in [-0.4, -0.2) is 38.5 Å². The third-order valence-electron chi connectivity index (χ3n) is 4.09. The molecule has 1 unspecified atom stereocenters. The van der Waals surface area contributed by atoms with Crippen molar-refractivity contribution in [3.8, 4) is 23.1 Å². The van der Waals surface area contributed by atoms with Gasteiger partial charge in [-0.3, -0.25) is 0 Å². The smallest absolute Gasteiger partial charge is 0.219 e. The third-order valence-corrected chi connectivity index (χ3v) is 4.77. The lowest BCUT2D eigenvalue weighted by atomic mass is 9.93. The highest BCUT2D eigenvalue weighted by Gasteiger charge is 2.30. The van der Waals surface area contributed by atoms with Gasteiger partial charge in [-0.2, -0.15) is 0 Å². The molecule has 0 aliphatic heterocycles. The number of rotatable bonds is 7. The molecule has 1 heterocycles. The molecule has 1 N–H and O–H groups in total. The summed E-state index contributed by atoms with van der Waals surface area (Å²) in [7, 11) is 5.85. The fourth-order valence-electron chi connectivity index (χ4n) is 2.89. The first-order valence-corrected chi connectivity index (χ1v) is 8.49. The summed E-state index contributed by atoms with van der Waals surface area (Å²) in [6.07, 6.45) is 0.179. The Labute approximate surface area is 160 Å². The lowest BCUT2D eigenvalue weighted by Gasteiger charge is -2.24. The fraction of sp³-hybridized carbons (Fsp3) is 0.389. The molecule has 142 valence electrons. The van der Waals surface area contributed by atoms with Crippen molar-refractivity contribution in [1.29, 1.82) is 0 Å². The van der Waals surface area contributed by atoms with Crippen LogP contribution in [0.1, 0.15) is 28.4 Å². The van der Waals surface area contributed by atoms with Gasteiger partial charge < -0.3 is 24.1 Å². The van der Waals surface area contributed by atoms with E-state index in [2.05, 4.69) is 20.9 Å². The van der Waals surface area contributed by atoms with Gasteiger partial charge in [0.1, 0.15) is 12.8 Å². The van der Waals surface area contributed by atoms with Gasteiger partial charge in [0.05, 0.1) is 34.0 Å². The zero-order valence-electron chi connectivity index (χ0n) is 15.2. The van der Waals surface area contributed by atoms with Gasteiger partial charge in [0.25, 0.3) is 0 Å². The van der Waals surface area contributed by atoms with E-state index in [1.165, 1.54) is 34.6 Å². The zero-order chi connectivity index (χ0) is 19.4. The van der Waals surface area contributed by atoms with Crippen molar-refractivity contribution in [1.82, 2.24) is 4.98 Å². The highest BCUT2D eigenvalue weighted by Crippen LogP contribution is 2.47. The van der Waals surface area contributed by atoms with Crippen molar-refractivity contribution in [2.75, 3.05) is 28.4 Å². The van der Waals surface area contributed by atoms with E-state index in [0.717, 1.165) is 0 Å². The van der Waals surface area contributed by atoms with Crippen LogP contribution in [0.4, 0.5) is 4.39 Å². The molecule has 0 saturated carbocycles. The summed E-state index contributed by atoms with van der Waals surface area (Å²) in [4.78, 5) is 4.12. The van der Waals surface area contributed by atoms with E-state index in [9.17, 15) is 9.50 Å². The second-order valence-electron chi connectivity index (χ2n) is 5.42. The van der Waals surface area contributed by atoms with Gasteiger partial charge in [0.2, 0.25) is 11.6 Å². The van der Waals surface area contributed by atoms with Crippen LogP contribution in [0.25, 0.3) is 0 Å². The lowest BCUT2D eigenvalue weighted by molar-refractivity contribution is 0.202. The van der Waals surface area contributed by atoms with Crippen LogP contribution in [0.5, 0.6) is 23.1 Å². The summed E-state index contributed by atoms with van der Waals surface area (Å²) >= 11 is 3.27. The molecule has 0 aliphatic rings. The van der Waals surface area contributed by atoms with Gasteiger partial charge in [-0.25, -0.2) is 9.37 Å². The molecule has 0 spiro atoms. The zero-order valence-corrected chi connectivity index (χ0v) is 16.8. The van der Waals surface area contributed by atoms with Gasteiger partial charge in [-0.15, -0.1) is 0 Å². The molecule has 8 heteroatoms. The Bertz CT molecular complexity index is 800. The number of aryl methyl sites for hydroxylation is 1. The Morgan fingerprint density at radius 3 is 2.23 bits per heavy atom. The maximum absolute atomic E-state index is 13.7. The number of nitrogens with zero attached hydrogens (tertiary/aromatic N) is 1. The molecule has 1 atom stereocenters. The number of hydrogen-bond donors (Lipinski definition) is 1. The highest BCUT2D eigenvalue weighted by molar-refractivity contribution is 9.10. The number of aliphatic hydroxyl groups is 1. The normalized spacial score (nSPS) is 11.8. The Balaban J connectivity index is 2.79. The quantitative estimate of drug-likeness (QED) is 0.722. The monoisotopic (exact) mass is 429 g/mol. The van der Waals surface area contributed by atoms with Gasteiger partial charge in [0.15, 0.2) is 11.5 Å². The maximum atomic E-state index is 13.7. The molecule has 0 amide bonds. The number of hydrogen-bond acceptors (Lipinski definition) is 6. The Morgan fingerprint density at radius 2 is 1.73 bits per heavy atom. The summed E-state index contributed by atoms with van der Waals surface area (Å²) < 4.78 is 35.5. The first-order chi connectivity index (χ1) is 12.4. The summed E-state index contributed by atoms with van der Waals surface area (Å²) in [6.45, 7) is 0.983. The number of halogens is 2. The van der Waals surface area contributed by atoms with Crippen LogP contribution in [0.15, 0.2) is 16.7 Å². The predicted molar refractivity (Wildman–Crippen MR) is 98.2 cm³/mol. The highest BCUT2D eigenvalue weighted by atomic mass is 79.9. The maximum Gasteiger partial charge on any atom is 0.219 e. The molecule has 1 aromatic heterocycles. The van der Waals surface area contributed by atoms with E-state index in [1.807, 2.05) is 0 Å². The minimum atomic E-state index is -1.25. The largest absolute Gasteiger partial charge is 0.493 e. The first kappa shape index (κ1) is 20.3. The number of methoxy groups -OCH3 is 4. The van der Waals surface area contributed by atoms with Gasteiger partial charge in [-0.05, 0) is 34.5 Å². The summed E-state index contributed by atoms with van der Waals surface area (Å²) in [6, 6.07) is 1.72. The molecular formula is C18H21BrFNO5. The molecule has 1 aromatic carbocycles. The van der Waals surface area contributed by atoms with E-state index >= 15 is 0 Å². The summed E-state index contributed by atoms with van der Waals surface area (Å²) in [5.74, 6) is 1.22. The van der Waals surface area contributed by atoms with Crippen LogP contribution in [0.2, 0.25) is 0 Å². The standard InChI is InChI=1S/C18H21BrFNO5/c1-9-6-12(23-2)16(24-3)17(25-4)13(9)15(22)14-10(7-20)11(19)8-21-18(14)26-5/h6,8,15,22H,7H2,1-5H3. The van der Waals surface area contributed by atoms with Crippen molar-refractivity contribution < 1.29 is 28.4 Å².